The molecule has 2 nitrogen and oxygen atoms in total. The molecule has 2 fully saturated rings. The fourth-order valence-electron chi connectivity index (χ4n) is 5.23. The van der Waals surface area contributed by atoms with Crippen molar-refractivity contribution in [1.82, 2.24) is 0 Å². The zero-order chi connectivity index (χ0) is 18.1. The van der Waals surface area contributed by atoms with Crippen LogP contribution in [0.2, 0.25) is 17.1 Å². The first-order chi connectivity index (χ1) is 12.1. The van der Waals surface area contributed by atoms with Gasteiger partial charge in [-0.2, -0.15) is 0 Å². The Morgan fingerprint density at radius 1 is 0.920 bits per heavy atom. The number of rotatable bonds is 9. The van der Waals surface area contributed by atoms with E-state index in [-0.39, 0.29) is 5.97 Å². The van der Waals surface area contributed by atoms with Crippen LogP contribution in [0.4, 0.5) is 0 Å². The van der Waals surface area contributed by atoms with Gasteiger partial charge in [0.25, 0.3) is 8.32 Å². The molecule has 0 unspecified atom stereocenters. The molecule has 0 saturated heterocycles. The molecular weight excluding hydrogens is 324 g/mol. The van der Waals surface area contributed by atoms with Gasteiger partial charge >= 0.3 is 5.97 Å². The van der Waals surface area contributed by atoms with Gasteiger partial charge in [-0.05, 0) is 49.7 Å². The third-order valence-corrected chi connectivity index (χ3v) is 12.3. The van der Waals surface area contributed by atoms with Crippen LogP contribution in [0.3, 0.4) is 0 Å². The predicted octanol–water partition coefficient (Wildman–Crippen LogP) is 7.30. The van der Waals surface area contributed by atoms with Crippen molar-refractivity contribution in [1.29, 1.82) is 0 Å². The van der Waals surface area contributed by atoms with Gasteiger partial charge in [0.15, 0.2) is 0 Å². The Kier molecular flexibility index (Phi) is 8.75. The third kappa shape index (κ3) is 5.70. The van der Waals surface area contributed by atoms with Gasteiger partial charge in [-0.15, -0.1) is 0 Å². The first-order valence-electron chi connectivity index (χ1n) is 11.0. The van der Waals surface area contributed by atoms with E-state index in [2.05, 4.69) is 13.5 Å². The van der Waals surface area contributed by atoms with Crippen molar-refractivity contribution in [2.24, 2.45) is 0 Å². The van der Waals surface area contributed by atoms with E-state index in [0.29, 0.717) is 16.7 Å². The zero-order valence-corrected chi connectivity index (χ0v) is 17.8. The normalized spacial score (nSPS) is 20.4. The molecular formula is C22H40O2Si. The quantitative estimate of drug-likeness (QED) is 0.244. The molecule has 2 aliphatic rings. The van der Waals surface area contributed by atoms with Gasteiger partial charge in [0.1, 0.15) is 0 Å². The van der Waals surface area contributed by atoms with Crippen molar-refractivity contribution >= 4 is 14.3 Å². The van der Waals surface area contributed by atoms with E-state index < -0.39 is 8.32 Å². The summed E-state index contributed by atoms with van der Waals surface area (Å²) in [6, 6.07) is 1.21. The monoisotopic (exact) mass is 364 g/mol. The van der Waals surface area contributed by atoms with Crippen LogP contribution >= 0.6 is 0 Å². The highest BCUT2D eigenvalue weighted by Gasteiger charge is 2.51. The van der Waals surface area contributed by atoms with Gasteiger partial charge < -0.3 is 4.43 Å². The van der Waals surface area contributed by atoms with Crippen molar-refractivity contribution in [3.05, 3.63) is 12.2 Å². The van der Waals surface area contributed by atoms with Gasteiger partial charge in [-0.3, -0.25) is 0 Å². The van der Waals surface area contributed by atoms with Crippen LogP contribution in [0.5, 0.6) is 0 Å². The van der Waals surface area contributed by atoms with Crippen LogP contribution in [-0.4, -0.2) is 14.3 Å². The minimum absolute atomic E-state index is 0.0849. The predicted molar refractivity (Wildman–Crippen MR) is 109 cm³/mol. The summed E-state index contributed by atoms with van der Waals surface area (Å²) in [7, 11) is -2.08. The second-order valence-electron chi connectivity index (χ2n) is 8.61. The average Bonchev–Trinajstić information content (AvgIpc) is 2.65. The second-order valence-corrected chi connectivity index (χ2v) is 12.9. The Labute approximate surface area is 156 Å². The van der Waals surface area contributed by atoms with Gasteiger partial charge in [0.2, 0.25) is 0 Å². The molecule has 0 amide bonds. The molecule has 0 aromatic heterocycles. The molecule has 0 radical (unpaired) electrons. The summed E-state index contributed by atoms with van der Waals surface area (Å²) in [6.07, 6.45) is 18.5. The van der Waals surface area contributed by atoms with Gasteiger partial charge in [0, 0.05) is 5.57 Å². The molecule has 2 rings (SSSR count). The molecule has 144 valence electrons. The van der Waals surface area contributed by atoms with Crippen molar-refractivity contribution in [2.75, 3.05) is 0 Å². The number of carbonyl (C=O) groups is 1. The summed E-state index contributed by atoms with van der Waals surface area (Å²) < 4.78 is 6.56. The van der Waals surface area contributed by atoms with Crippen molar-refractivity contribution in [2.45, 2.75) is 121 Å². The Bertz CT molecular complexity index is 402. The lowest BCUT2D eigenvalue weighted by Gasteiger charge is -2.46. The van der Waals surface area contributed by atoms with Crippen LogP contribution in [0.15, 0.2) is 12.2 Å². The summed E-state index contributed by atoms with van der Waals surface area (Å²) in [5, 5.41) is 0. The summed E-state index contributed by atoms with van der Waals surface area (Å²) in [5.74, 6) is -0.0849. The minimum Gasteiger partial charge on any atom is -0.515 e. The van der Waals surface area contributed by atoms with E-state index in [1.54, 1.807) is 0 Å². The maximum Gasteiger partial charge on any atom is 0.319 e. The molecule has 3 heteroatoms. The summed E-state index contributed by atoms with van der Waals surface area (Å²) in [5.41, 5.74) is 2.00. The van der Waals surface area contributed by atoms with Crippen molar-refractivity contribution < 1.29 is 9.22 Å². The molecule has 0 spiro atoms. The maximum absolute atomic E-state index is 12.6. The smallest absolute Gasteiger partial charge is 0.319 e. The average molecular weight is 365 g/mol. The highest BCUT2D eigenvalue weighted by molar-refractivity contribution is 6.78. The zero-order valence-electron chi connectivity index (χ0n) is 16.8. The Morgan fingerprint density at radius 3 is 1.88 bits per heavy atom. The Morgan fingerprint density at radius 2 is 1.44 bits per heavy atom. The molecule has 0 aromatic carbocycles. The van der Waals surface area contributed by atoms with Gasteiger partial charge in [-0.25, -0.2) is 4.79 Å². The molecule has 25 heavy (non-hydrogen) atoms. The van der Waals surface area contributed by atoms with E-state index in [4.69, 9.17) is 4.43 Å². The molecule has 0 heterocycles. The number of carbonyl (C=O) groups excluding carboxylic acids is 1. The number of unbranched alkanes of at least 4 members (excludes halogenated alkanes) is 3. The van der Waals surface area contributed by atoms with Crippen molar-refractivity contribution in [3.63, 3.8) is 0 Å². The second kappa shape index (κ2) is 10.5. The number of hydrogen-bond acceptors (Lipinski definition) is 2. The summed E-state index contributed by atoms with van der Waals surface area (Å²) in [4.78, 5) is 12.6. The van der Waals surface area contributed by atoms with Crippen LogP contribution in [-0.2, 0) is 9.22 Å². The standard InChI is InChI=1S/C22H40O2Si/c1-4-5-6-13-18-25(24-22(23)19(2)3,20-14-9-7-10-15-20)21-16-11-8-12-17-21/h20-21H,2,4-18H2,1,3H3. The molecule has 0 atom stereocenters. The molecule has 2 saturated carbocycles. The fourth-order valence-corrected chi connectivity index (χ4v) is 11.2. The van der Waals surface area contributed by atoms with E-state index >= 15 is 0 Å². The lowest BCUT2D eigenvalue weighted by molar-refractivity contribution is -0.131. The molecule has 0 N–H and O–H groups in total. The van der Waals surface area contributed by atoms with E-state index in [0.717, 1.165) is 0 Å². The SMILES string of the molecule is C=C(C)C(=O)O[Si](CCCCCC)(C1CCCCC1)C1CCCCC1. The topological polar surface area (TPSA) is 26.3 Å². The van der Waals surface area contributed by atoms with E-state index in [9.17, 15) is 4.79 Å². The molecule has 2 aliphatic carbocycles. The Hall–Kier alpha value is -0.573. The first-order valence-corrected chi connectivity index (χ1v) is 13.3. The van der Waals surface area contributed by atoms with Crippen LogP contribution < -0.4 is 0 Å². The molecule has 0 aromatic rings. The number of hydrogen-bond donors (Lipinski definition) is 0. The van der Waals surface area contributed by atoms with E-state index in [1.165, 1.54) is 95.9 Å². The molecule has 0 aliphatic heterocycles. The Balaban J connectivity index is 2.24. The van der Waals surface area contributed by atoms with Crippen LogP contribution in [0, 0.1) is 0 Å². The van der Waals surface area contributed by atoms with Crippen molar-refractivity contribution in [3.8, 4) is 0 Å². The largest absolute Gasteiger partial charge is 0.515 e. The highest BCUT2D eigenvalue weighted by Crippen LogP contribution is 2.51. The van der Waals surface area contributed by atoms with Gasteiger partial charge in [-0.1, -0.05) is 77.7 Å². The maximum atomic E-state index is 12.6. The third-order valence-electron chi connectivity index (χ3n) is 6.64. The highest BCUT2D eigenvalue weighted by atomic mass is 28.4. The first kappa shape index (κ1) is 20.7. The van der Waals surface area contributed by atoms with Crippen LogP contribution in [0.1, 0.15) is 104 Å². The fraction of sp³-hybridized carbons (Fsp3) is 0.864. The van der Waals surface area contributed by atoms with Crippen LogP contribution in [0.25, 0.3) is 0 Å². The minimum atomic E-state index is -2.08. The lowest BCUT2D eigenvalue weighted by atomic mass is 9.99. The van der Waals surface area contributed by atoms with E-state index in [1.807, 2.05) is 6.92 Å². The summed E-state index contributed by atoms with van der Waals surface area (Å²) >= 11 is 0. The summed E-state index contributed by atoms with van der Waals surface area (Å²) in [6.45, 7) is 7.98. The molecule has 0 bridgehead atoms. The lowest BCUT2D eigenvalue weighted by Crippen LogP contribution is -2.50. The van der Waals surface area contributed by atoms with Gasteiger partial charge in [0.05, 0.1) is 0 Å².